The molecule has 0 aliphatic carbocycles. The topological polar surface area (TPSA) is 54.0 Å². The van der Waals surface area contributed by atoms with Gasteiger partial charge in [0.1, 0.15) is 5.78 Å². The monoisotopic (exact) mass is 518 g/mol. The first kappa shape index (κ1) is 33.9. The molecule has 0 spiro atoms. The summed E-state index contributed by atoms with van der Waals surface area (Å²) in [5, 5.41) is 0. The van der Waals surface area contributed by atoms with Crippen LogP contribution in [0.4, 0.5) is 0 Å². The normalized spacial score (nSPS) is 14.4. The zero-order valence-corrected chi connectivity index (χ0v) is 26.0. The van der Waals surface area contributed by atoms with Crippen LogP contribution < -0.4 is 0 Å². The molecule has 0 amide bonds. The van der Waals surface area contributed by atoms with Gasteiger partial charge < -0.3 is 17.7 Å². The van der Waals surface area contributed by atoms with Crippen molar-refractivity contribution in [1.82, 2.24) is 0 Å². The summed E-state index contributed by atoms with van der Waals surface area (Å²) < 4.78 is 22.3. The van der Waals surface area contributed by atoms with Gasteiger partial charge in [0.25, 0.3) is 0 Å². The first-order chi connectivity index (χ1) is 16.2. The highest BCUT2D eigenvalue weighted by Gasteiger charge is 2.28. The van der Waals surface area contributed by atoms with Gasteiger partial charge in [-0.1, -0.05) is 78.1 Å². The second kappa shape index (κ2) is 20.1. The molecule has 0 radical (unpaired) electrons. The lowest BCUT2D eigenvalue weighted by Crippen LogP contribution is -2.35. The van der Waals surface area contributed by atoms with Crippen molar-refractivity contribution >= 4 is 22.9 Å². The number of ketones is 1. The molecule has 0 saturated carbocycles. The number of hydrogen-bond donors (Lipinski definition) is 0. The van der Waals surface area contributed by atoms with Crippen LogP contribution in [-0.4, -0.2) is 51.3 Å². The molecule has 34 heavy (non-hydrogen) atoms. The lowest BCUT2D eigenvalue weighted by atomic mass is 9.83. The minimum absolute atomic E-state index is 0.258. The van der Waals surface area contributed by atoms with Gasteiger partial charge in [0, 0.05) is 40.3 Å². The molecule has 0 rings (SSSR count). The van der Waals surface area contributed by atoms with E-state index in [1.54, 1.807) is 28.4 Å². The van der Waals surface area contributed by atoms with Gasteiger partial charge in [-0.25, -0.2) is 0 Å². The van der Waals surface area contributed by atoms with E-state index < -0.39 is 17.1 Å². The molecule has 0 N–H and O–H groups in total. The third-order valence-electron chi connectivity index (χ3n) is 7.88. The fourth-order valence-corrected chi connectivity index (χ4v) is 7.67. The van der Waals surface area contributed by atoms with Gasteiger partial charge >= 0.3 is 17.1 Å². The van der Waals surface area contributed by atoms with Gasteiger partial charge in [-0.3, -0.25) is 4.79 Å². The van der Waals surface area contributed by atoms with E-state index >= 15 is 0 Å². The Kier molecular flexibility index (Phi) is 20.0. The molecule has 0 bridgehead atoms. The minimum atomic E-state index is -1.91. The highest BCUT2D eigenvalue weighted by Crippen LogP contribution is 2.25. The van der Waals surface area contributed by atoms with Crippen molar-refractivity contribution in [3.63, 3.8) is 0 Å². The standard InChI is InChI=1S/C27H58O5Si2/c1-9-25(21-17-13-11-15-19-23-33(7,29-3)30-4)27(28)26(10-2)22-18-14-12-16-20-24-34(8,31-5)32-6/h25-26H,9-24H2,1-8H3. The van der Waals surface area contributed by atoms with E-state index in [1.807, 2.05) is 0 Å². The van der Waals surface area contributed by atoms with E-state index in [1.165, 1.54) is 64.2 Å². The van der Waals surface area contributed by atoms with E-state index in [0.29, 0.717) is 5.78 Å². The van der Waals surface area contributed by atoms with Crippen LogP contribution in [0.5, 0.6) is 0 Å². The van der Waals surface area contributed by atoms with E-state index in [4.69, 9.17) is 17.7 Å². The van der Waals surface area contributed by atoms with Gasteiger partial charge in [0.2, 0.25) is 0 Å². The van der Waals surface area contributed by atoms with Crippen LogP contribution in [0, 0.1) is 11.8 Å². The molecule has 5 nitrogen and oxygen atoms in total. The zero-order chi connectivity index (χ0) is 25.9. The number of rotatable bonds is 24. The Labute approximate surface area is 214 Å². The van der Waals surface area contributed by atoms with Gasteiger partial charge in [-0.15, -0.1) is 0 Å². The lowest BCUT2D eigenvalue weighted by molar-refractivity contribution is -0.127. The number of hydrogen-bond acceptors (Lipinski definition) is 5. The summed E-state index contributed by atoms with van der Waals surface area (Å²) in [5.41, 5.74) is 0. The predicted molar refractivity (Wildman–Crippen MR) is 149 cm³/mol. The molecular weight excluding hydrogens is 460 g/mol. The molecule has 0 aromatic carbocycles. The molecule has 0 fully saturated rings. The van der Waals surface area contributed by atoms with Gasteiger partial charge in [-0.2, -0.15) is 0 Å². The maximum absolute atomic E-state index is 13.1. The Bertz CT molecular complexity index is 453. The SMILES string of the molecule is CCC(CCCCCCC[Si](C)(OC)OC)C(=O)C(CC)CCCCCCC[Si](C)(OC)OC. The van der Waals surface area contributed by atoms with E-state index in [-0.39, 0.29) is 11.8 Å². The summed E-state index contributed by atoms with van der Waals surface area (Å²) in [7, 11) is 3.26. The number of carbonyl (C=O) groups is 1. The summed E-state index contributed by atoms with van der Waals surface area (Å²) in [6, 6.07) is 2.13. The van der Waals surface area contributed by atoms with Crippen LogP contribution in [0.15, 0.2) is 0 Å². The first-order valence-electron chi connectivity index (χ1n) is 14.0. The largest absolute Gasteiger partial charge is 0.398 e. The zero-order valence-electron chi connectivity index (χ0n) is 24.0. The second-order valence-electron chi connectivity index (χ2n) is 10.3. The van der Waals surface area contributed by atoms with Crippen LogP contribution in [0.3, 0.4) is 0 Å². The fourth-order valence-electron chi connectivity index (χ4n) is 4.74. The molecule has 0 saturated heterocycles. The maximum Gasteiger partial charge on any atom is 0.334 e. The van der Waals surface area contributed by atoms with Crippen LogP contribution in [0.25, 0.3) is 0 Å². The molecule has 2 atom stereocenters. The average Bonchev–Trinajstić information content (AvgIpc) is 2.86. The van der Waals surface area contributed by atoms with Gasteiger partial charge in [-0.05, 0) is 50.9 Å². The molecule has 0 aliphatic heterocycles. The Morgan fingerprint density at radius 2 is 0.853 bits per heavy atom. The fraction of sp³-hybridized carbons (Fsp3) is 0.963. The Morgan fingerprint density at radius 3 is 1.15 bits per heavy atom. The first-order valence-corrected chi connectivity index (χ1v) is 19.0. The minimum Gasteiger partial charge on any atom is -0.398 e. The quantitative estimate of drug-likeness (QED) is 0.0956. The van der Waals surface area contributed by atoms with Crippen molar-refractivity contribution in [2.24, 2.45) is 11.8 Å². The molecule has 0 aromatic rings. The van der Waals surface area contributed by atoms with E-state index in [9.17, 15) is 4.79 Å². The van der Waals surface area contributed by atoms with Crippen molar-refractivity contribution in [2.45, 2.75) is 129 Å². The number of unbranched alkanes of at least 4 members (excludes halogenated alkanes) is 8. The van der Waals surface area contributed by atoms with Crippen LogP contribution in [0.2, 0.25) is 25.2 Å². The van der Waals surface area contributed by atoms with E-state index in [2.05, 4.69) is 26.9 Å². The number of carbonyl (C=O) groups excluding carboxylic acids is 1. The van der Waals surface area contributed by atoms with Crippen LogP contribution >= 0.6 is 0 Å². The molecule has 7 heteroatoms. The molecule has 204 valence electrons. The maximum atomic E-state index is 13.1. The summed E-state index contributed by atoms with van der Waals surface area (Å²) >= 11 is 0. The van der Waals surface area contributed by atoms with Crippen molar-refractivity contribution in [1.29, 1.82) is 0 Å². The Balaban J connectivity index is 4.07. The van der Waals surface area contributed by atoms with Crippen molar-refractivity contribution in [3.05, 3.63) is 0 Å². The van der Waals surface area contributed by atoms with Crippen molar-refractivity contribution < 1.29 is 22.5 Å². The van der Waals surface area contributed by atoms with E-state index in [0.717, 1.165) is 37.8 Å². The van der Waals surface area contributed by atoms with Gasteiger partial charge in [0.05, 0.1) is 0 Å². The summed E-state index contributed by atoms with van der Waals surface area (Å²) in [6.45, 7) is 8.65. The highest BCUT2D eigenvalue weighted by atomic mass is 28.4. The van der Waals surface area contributed by atoms with Gasteiger partial charge in [0.15, 0.2) is 0 Å². The smallest absolute Gasteiger partial charge is 0.334 e. The third-order valence-corrected chi connectivity index (χ3v) is 13.9. The van der Waals surface area contributed by atoms with Crippen LogP contribution in [-0.2, 0) is 22.5 Å². The Morgan fingerprint density at radius 1 is 0.559 bits per heavy atom. The average molecular weight is 519 g/mol. The van der Waals surface area contributed by atoms with Crippen LogP contribution in [0.1, 0.15) is 104 Å². The molecule has 0 aromatic heterocycles. The number of Topliss-reactive ketones (excluding diaryl/α,β-unsaturated/α-hetero) is 1. The second-order valence-corrected chi connectivity index (χ2v) is 17.5. The molecule has 2 unspecified atom stereocenters. The molecule has 0 aliphatic rings. The van der Waals surface area contributed by atoms with Crippen molar-refractivity contribution in [2.75, 3.05) is 28.4 Å². The highest BCUT2D eigenvalue weighted by molar-refractivity contribution is 6.66. The summed E-state index contributed by atoms with van der Waals surface area (Å²) in [5.74, 6) is 1.05. The molecule has 0 heterocycles. The third kappa shape index (κ3) is 14.5. The summed E-state index contributed by atoms with van der Waals surface area (Å²) in [4.78, 5) is 13.1. The lowest BCUT2D eigenvalue weighted by Gasteiger charge is -2.22. The predicted octanol–water partition coefficient (Wildman–Crippen LogP) is 8.02. The summed E-state index contributed by atoms with van der Waals surface area (Å²) in [6.07, 6.45) is 16.2. The Hall–Kier alpha value is -0.0562. The van der Waals surface area contributed by atoms with Crippen molar-refractivity contribution in [3.8, 4) is 0 Å². The molecular formula is C27H58O5Si2.